The normalized spacial score (nSPS) is 23.6. The predicted molar refractivity (Wildman–Crippen MR) is 67.1 cm³/mol. The minimum Gasteiger partial charge on any atom is -0.381 e. The molecule has 1 aromatic heterocycles. The van der Waals surface area contributed by atoms with Crippen molar-refractivity contribution in [3.05, 3.63) is 21.7 Å². The predicted octanol–water partition coefficient (Wildman–Crippen LogP) is 2.46. The summed E-state index contributed by atoms with van der Waals surface area (Å²) < 4.78 is 6.18. The smallest absolute Gasteiger partial charge is 0.134 e. The fraction of sp³-hybridized carbons (Fsp3) is 0.636. The summed E-state index contributed by atoms with van der Waals surface area (Å²) >= 11 is 7.24. The lowest BCUT2D eigenvalue weighted by molar-refractivity contribution is 0.185. The van der Waals surface area contributed by atoms with Crippen LogP contribution in [0.25, 0.3) is 0 Å². The van der Waals surface area contributed by atoms with Gasteiger partial charge in [0.15, 0.2) is 0 Å². The Balaban J connectivity index is 1.85. The molecule has 2 aliphatic rings. The van der Waals surface area contributed by atoms with Gasteiger partial charge in [-0.15, -0.1) is 0 Å². The molecule has 86 valence electrons. The lowest BCUT2D eigenvalue weighted by atomic mass is 10.0. The van der Waals surface area contributed by atoms with Gasteiger partial charge in [0, 0.05) is 42.4 Å². The average molecular weight is 254 g/mol. The molecule has 3 heterocycles. The van der Waals surface area contributed by atoms with Crippen LogP contribution in [0, 0.1) is 10.6 Å². The van der Waals surface area contributed by atoms with Crippen molar-refractivity contribution in [1.29, 1.82) is 0 Å². The third-order valence-corrected chi connectivity index (χ3v) is 4.48. The maximum Gasteiger partial charge on any atom is 0.134 e. The molecule has 1 N–H and O–H groups in total. The molecule has 1 atom stereocenters. The van der Waals surface area contributed by atoms with Crippen LogP contribution in [0.2, 0.25) is 0 Å². The zero-order valence-corrected chi connectivity index (χ0v) is 10.6. The van der Waals surface area contributed by atoms with Gasteiger partial charge in [0.1, 0.15) is 10.5 Å². The molecule has 5 heteroatoms. The zero-order chi connectivity index (χ0) is 11.0. The summed E-state index contributed by atoms with van der Waals surface area (Å²) in [6, 6.07) is 0. The van der Waals surface area contributed by atoms with E-state index in [0.717, 1.165) is 48.0 Å². The first-order valence-electron chi connectivity index (χ1n) is 5.59. The molecular weight excluding hydrogens is 240 g/mol. The van der Waals surface area contributed by atoms with Gasteiger partial charge < -0.3 is 9.72 Å². The fourth-order valence-electron chi connectivity index (χ4n) is 2.24. The van der Waals surface area contributed by atoms with E-state index in [2.05, 4.69) is 9.97 Å². The molecule has 0 radical (unpaired) electrons. The lowest BCUT2D eigenvalue weighted by Crippen LogP contribution is -2.09. The zero-order valence-electron chi connectivity index (χ0n) is 8.99. The van der Waals surface area contributed by atoms with Crippen molar-refractivity contribution in [2.75, 3.05) is 13.2 Å². The van der Waals surface area contributed by atoms with E-state index in [9.17, 15) is 0 Å². The van der Waals surface area contributed by atoms with Gasteiger partial charge >= 0.3 is 0 Å². The summed E-state index contributed by atoms with van der Waals surface area (Å²) in [5.74, 6) is 3.73. The van der Waals surface area contributed by atoms with Crippen LogP contribution in [-0.4, -0.2) is 23.2 Å². The second-order valence-corrected chi connectivity index (χ2v) is 5.74. The third-order valence-electron chi connectivity index (χ3n) is 3.15. The Bertz CT molecular complexity index is 452. The van der Waals surface area contributed by atoms with Gasteiger partial charge in [-0.25, -0.2) is 4.98 Å². The molecule has 3 rings (SSSR count). The molecule has 0 amide bonds. The summed E-state index contributed by atoms with van der Waals surface area (Å²) in [6.45, 7) is 1.76. The summed E-state index contributed by atoms with van der Waals surface area (Å²) in [6.07, 6.45) is 2.12. The van der Waals surface area contributed by atoms with E-state index in [-0.39, 0.29) is 0 Å². The molecule has 16 heavy (non-hydrogen) atoms. The van der Waals surface area contributed by atoms with Crippen LogP contribution in [-0.2, 0) is 22.7 Å². The first-order chi connectivity index (χ1) is 7.83. The van der Waals surface area contributed by atoms with E-state index >= 15 is 0 Å². The second kappa shape index (κ2) is 4.47. The maximum absolute atomic E-state index is 5.38. The average Bonchev–Trinajstić information content (AvgIpc) is 2.87. The maximum atomic E-state index is 5.38. The molecule has 0 aliphatic carbocycles. The first-order valence-corrected chi connectivity index (χ1v) is 7.15. The van der Waals surface area contributed by atoms with Crippen molar-refractivity contribution in [2.24, 2.45) is 5.92 Å². The molecular formula is C11H14N2OS2. The number of hydrogen-bond donors (Lipinski definition) is 1. The summed E-state index contributed by atoms with van der Waals surface area (Å²) in [4.78, 5) is 7.94. The van der Waals surface area contributed by atoms with Gasteiger partial charge in [-0.05, 0) is 12.3 Å². The van der Waals surface area contributed by atoms with Crippen molar-refractivity contribution < 1.29 is 4.74 Å². The highest BCUT2D eigenvalue weighted by atomic mass is 32.2. The molecule has 3 nitrogen and oxygen atoms in total. The molecule has 2 aliphatic heterocycles. The van der Waals surface area contributed by atoms with E-state index < -0.39 is 0 Å². The van der Waals surface area contributed by atoms with Gasteiger partial charge in [0.2, 0.25) is 0 Å². The number of hydrogen-bond acceptors (Lipinski definition) is 4. The van der Waals surface area contributed by atoms with Crippen LogP contribution in [0.1, 0.15) is 23.5 Å². The van der Waals surface area contributed by atoms with E-state index in [0.29, 0.717) is 5.92 Å². The minimum atomic E-state index is 0.616. The number of aromatic amines is 1. The molecule has 0 aromatic carbocycles. The molecule has 0 bridgehead atoms. The van der Waals surface area contributed by atoms with Crippen LogP contribution in [0.4, 0.5) is 0 Å². The summed E-state index contributed by atoms with van der Waals surface area (Å²) in [7, 11) is 0. The Hall–Kier alpha value is -0.390. The number of fused-ring (bicyclic) bond motifs is 1. The number of rotatable bonds is 2. The van der Waals surface area contributed by atoms with E-state index in [1.54, 1.807) is 0 Å². The van der Waals surface area contributed by atoms with E-state index in [4.69, 9.17) is 17.0 Å². The highest BCUT2D eigenvalue weighted by Crippen LogP contribution is 2.29. The van der Waals surface area contributed by atoms with E-state index in [1.807, 2.05) is 11.8 Å². The fourth-order valence-corrected chi connectivity index (χ4v) is 3.70. The van der Waals surface area contributed by atoms with Crippen molar-refractivity contribution in [2.45, 2.75) is 24.3 Å². The quantitative estimate of drug-likeness (QED) is 0.823. The number of aromatic nitrogens is 2. The Morgan fingerprint density at radius 3 is 3.25 bits per heavy atom. The third kappa shape index (κ3) is 2.04. The standard InChI is InChI=1S/C11H14N2OS2/c15-11-8-5-16-6-9(8)12-10(13-11)3-7-1-2-14-4-7/h7H,1-6H2,(H,12,13,15). The Morgan fingerprint density at radius 2 is 2.44 bits per heavy atom. The van der Waals surface area contributed by atoms with Crippen LogP contribution in [0.3, 0.4) is 0 Å². The molecule has 0 spiro atoms. The van der Waals surface area contributed by atoms with Crippen LogP contribution in [0.15, 0.2) is 0 Å². The molecule has 0 saturated carbocycles. The monoisotopic (exact) mass is 254 g/mol. The van der Waals surface area contributed by atoms with Crippen LogP contribution < -0.4 is 0 Å². The number of nitrogens with one attached hydrogen (secondary N) is 1. The highest BCUT2D eigenvalue weighted by molar-refractivity contribution is 7.98. The number of H-pyrrole nitrogens is 1. The van der Waals surface area contributed by atoms with Gasteiger partial charge in [-0.1, -0.05) is 12.2 Å². The highest BCUT2D eigenvalue weighted by Gasteiger charge is 2.19. The molecule has 1 saturated heterocycles. The van der Waals surface area contributed by atoms with Crippen molar-refractivity contribution >= 4 is 24.0 Å². The van der Waals surface area contributed by atoms with Crippen molar-refractivity contribution in [1.82, 2.24) is 9.97 Å². The largest absolute Gasteiger partial charge is 0.381 e. The number of thioether (sulfide) groups is 1. The first kappa shape index (κ1) is 10.7. The molecule has 1 fully saturated rings. The second-order valence-electron chi connectivity index (χ2n) is 4.37. The minimum absolute atomic E-state index is 0.616. The van der Waals surface area contributed by atoms with Gasteiger partial charge in [-0.3, -0.25) is 0 Å². The topological polar surface area (TPSA) is 37.9 Å². The van der Waals surface area contributed by atoms with Gasteiger partial charge in [0.05, 0.1) is 0 Å². The number of ether oxygens (including phenoxy) is 1. The number of nitrogens with zero attached hydrogens (tertiary/aromatic N) is 1. The van der Waals surface area contributed by atoms with Gasteiger partial charge in [-0.2, -0.15) is 11.8 Å². The molecule has 1 aromatic rings. The molecule has 1 unspecified atom stereocenters. The van der Waals surface area contributed by atoms with E-state index in [1.165, 1.54) is 11.3 Å². The summed E-state index contributed by atoms with van der Waals surface area (Å²) in [5, 5.41) is 0. The Kier molecular flexibility index (Phi) is 3.00. The van der Waals surface area contributed by atoms with Crippen molar-refractivity contribution in [3.8, 4) is 0 Å². The van der Waals surface area contributed by atoms with Crippen LogP contribution in [0.5, 0.6) is 0 Å². The Labute approximate surface area is 104 Å². The van der Waals surface area contributed by atoms with Crippen LogP contribution >= 0.6 is 24.0 Å². The SMILES string of the molecule is S=c1nc(CC2CCOC2)[nH]c2c1CSC2. The summed E-state index contributed by atoms with van der Waals surface area (Å²) in [5.41, 5.74) is 2.53. The lowest BCUT2D eigenvalue weighted by Gasteiger charge is -2.08. The van der Waals surface area contributed by atoms with Crippen molar-refractivity contribution in [3.63, 3.8) is 0 Å². The van der Waals surface area contributed by atoms with Gasteiger partial charge in [0.25, 0.3) is 0 Å². The Morgan fingerprint density at radius 1 is 1.50 bits per heavy atom.